The number of likely N-dealkylation sites (tertiary alicyclic amines) is 1. The van der Waals surface area contributed by atoms with Gasteiger partial charge in [-0.1, -0.05) is 0 Å². The Hall–Kier alpha value is -2.05. The third kappa shape index (κ3) is 2.56. The van der Waals surface area contributed by atoms with Crippen LogP contribution in [0.3, 0.4) is 0 Å². The molecule has 2 aliphatic rings. The normalized spacial score (nSPS) is 21.7. The van der Waals surface area contributed by atoms with Crippen LogP contribution in [-0.4, -0.2) is 38.0 Å². The summed E-state index contributed by atoms with van der Waals surface area (Å²) in [5.74, 6) is 0.0807. The van der Waals surface area contributed by atoms with Crippen molar-refractivity contribution in [3.05, 3.63) is 29.2 Å². The van der Waals surface area contributed by atoms with E-state index in [4.69, 9.17) is 0 Å². The van der Waals surface area contributed by atoms with Crippen LogP contribution in [0, 0.1) is 0 Å². The average Bonchev–Trinajstić information content (AvgIpc) is 3.33. The van der Waals surface area contributed by atoms with Gasteiger partial charge in [-0.2, -0.15) is 5.10 Å². The van der Waals surface area contributed by atoms with Crippen molar-refractivity contribution in [2.24, 2.45) is 0 Å². The van der Waals surface area contributed by atoms with Crippen molar-refractivity contribution in [2.45, 2.75) is 57.4 Å². The number of hydrogen-bond acceptors (Lipinski definition) is 3. The lowest BCUT2D eigenvalue weighted by Gasteiger charge is -2.33. The van der Waals surface area contributed by atoms with Gasteiger partial charge in [-0.25, -0.2) is 18.3 Å². The summed E-state index contributed by atoms with van der Waals surface area (Å²) in [6.45, 7) is 2.72. The topological polar surface area (TPSA) is 50.5 Å². The van der Waals surface area contributed by atoms with Gasteiger partial charge in [0.25, 0.3) is 12.3 Å². The summed E-state index contributed by atoms with van der Waals surface area (Å²) < 4.78 is 27.9. The number of carbonyl (C=O) groups is 1. The van der Waals surface area contributed by atoms with Crippen LogP contribution >= 0.6 is 0 Å². The average molecular weight is 334 g/mol. The van der Waals surface area contributed by atoms with E-state index in [0.717, 1.165) is 36.6 Å². The van der Waals surface area contributed by atoms with Crippen molar-refractivity contribution < 1.29 is 13.6 Å². The third-order valence-electron chi connectivity index (χ3n) is 5.03. The van der Waals surface area contributed by atoms with Crippen LogP contribution < -0.4 is 0 Å². The second-order valence-electron chi connectivity index (χ2n) is 6.82. The van der Waals surface area contributed by atoms with E-state index >= 15 is 0 Å². The van der Waals surface area contributed by atoms with Crippen LogP contribution in [0.2, 0.25) is 0 Å². The van der Waals surface area contributed by atoms with E-state index in [1.165, 1.54) is 12.3 Å². The first-order valence-corrected chi connectivity index (χ1v) is 8.54. The Morgan fingerprint density at radius 2 is 2.08 bits per heavy atom. The van der Waals surface area contributed by atoms with Gasteiger partial charge in [-0.05, 0) is 45.1 Å². The minimum Gasteiger partial charge on any atom is -0.336 e. The van der Waals surface area contributed by atoms with E-state index in [-0.39, 0.29) is 29.2 Å². The highest BCUT2D eigenvalue weighted by molar-refractivity contribution is 5.99. The van der Waals surface area contributed by atoms with E-state index in [2.05, 4.69) is 10.1 Å². The molecule has 0 aromatic carbocycles. The number of amides is 1. The number of nitrogens with zero attached hydrogens (tertiary/aromatic N) is 4. The summed E-state index contributed by atoms with van der Waals surface area (Å²) in [5, 5.41) is 4.03. The molecule has 0 bridgehead atoms. The van der Waals surface area contributed by atoms with Gasteiger partial charge in [0, 0.05) is 24.2 Å². The summed E-state index contributed by atoms with van der Waals surface area (Å²) in [6.07, 6.45) is 3.71. The maximum Gasteiger partial charge on any atom is 0.280 e. The Morgan fingerprint density at radius 3 is 2.75 bits per heavy atom. The van der Waals surface area contributed by atoms with Crippen molar-refractivity contribution >= 4 is 11.6 Å². The van der Waals surface area contributed by atoms with Crippen molar-refractivity contribution in [1.29, 1.82) is 0 Å². The minimum absolute atomic E-state index is 0.155. The number of halogens is 2. The molecule has 1 aliphatic carbocycles. The first-order valence-electron chi connectivity index (χ1n) is 8.54. The molecule has 0 unspecified atom stereocenters. The molecule has 24 heavy (non-hydrogen) atoms. The number of carbonyl (C=O) groups excluding carboxylic acids is 1. The monoisotopic (exact) mass is 334 g/mol. The molecule has 2 aromatic heterocycles. The number of piperidine rings is 1. The van der Waals surface area contributed by atoms with Crippen LogP contribution in [0.15, 0.2) is 12.3 Å². The van der Waals surface area contributed by atoms with Gasteiger partial charge in [0.2, 0.25) is 0 Å². The van der Waals surface area contributed by atoms with Gasteiger partial charge in [0.05, 0.1) is 6.20 Å². The molecule has 0 radical (unpaired) electrons. The Kier molecular flexibility index (Phi) is 3.73. The zero-order valence-electron chi connectivity index (χ0n) is 13.6. The molecule has 128 valence electrons. The molecule has 7 heteroatoms. The molecule has 4 rings (SSSR count). The Bertz CT molecular complexity index is 784. The van der Waals surface area contributed by atoms with E-state index < -0.39 is 6.43 Å². The second-order valence-corrected chi connectivity index (χ2v) is 6.82. The summed E-state index contributed by atoms with van der Waals surface area (Å²) in [5.41, 5.74) is 1.05. The van der Waals surface area contributed by atoms with Gasteiger partial charge in [-0.15, -0.1) is 0 Å². The standard InChI is InChI=1S/C17H20F2N4O/c1-10-4-2-3-7-22(10)17(24)12-9-20-23-14(15(18)19)8-13(11-5-6-11)21-16(12)23/h8-11,15H,2-7H2,1H3/t10-/m0/s1. The third-order valence-corrected chi connectivity index (χ3v) is 5.03. The Labute approximate surface area is 138 Å². The first-order chi connectivity index (χ1) is 11.6. The van der Waals surface area contributed by atoms with Crippen LogP contribution in [-0.2, 0) is 0 Å². The molecule has 0 N–H and O–H groups in total. The molecule has 1 atom stereocenters. The molecule has 3 heterocycles. The van der Waals surface area contributed by atoms with Gasteiger partial charge in [0.1, 0.15) is 11.3 Å². The predicted octanol–water partition coefficient (Wildman–Crippen LogP) is 3.56. The molecule has 2 fully saturated rings. The van der Waals surface area contributed by atoms with Gasteiger partial charge < -0.3 is 4.90 Å². The van der Waals surface area contributed by atoms with E-state index in [1.807, 2.05) is 11.8 Å². The SMILES string of the molecule is C[C@H]1CCCCN1C(=O)c1cnn2c(C(F)F)cc(C3CC3)nc12. The van der Waals surface area contributed by atoms with Crippen molar-refractivity contribution in [3.63, 3.8) is 0 Å². The molecular formula is C17H20F2N4O. The highest BCUT2D eigenvalue weighted by Crippen LogP contribution is 2.40. The number of hydrogen-bond donors (Lipinski definition) is 0. The zero-order valence-corrected chi connectivity index (χ0v) is 13.6. The molecule has 1 saturated heterocycles. The fraction of sp³-hybridized carbons (Fsp3) is 0.588. The van der Waals surface area contributed by atoms with Crippen LogP contribution in [0.5, 0.6) is 0 Å². The maximum absolute atomic E-state index is 13.4. The lowest BCUT2D eigenvalue weighted by molar-refractivity contribution is 0.0637. The van der Waals surface area contributed by atoms with Gasteiger partial charge in [-0.3, -0.25) is 4.79 Å². The largest absolute Gasteiger partial charge is 0.336 e. The first kappa shape index (κ1) is 15.5. The molecule has 1 aliphatic heterocycles. The lowest BCUT2D eigenvalue weighted by Crippen LogP contribution is -2.42. The summed E-state index contributed by atoms with van der Waals surface area (Å²) in [4.78, 5) is 19.2. The number of alkyl halides is 2. The molecule has 1 amide bonds. The molecular weight excluding hydrogens is 314 g/mol. The number of aromatic nitrogens is 3. The van der Waals surface area contributed by atoms with Gasteiger partial charge >= 0.3 is 0 Å². The van der Waals surface area contributed by atoms with E-state index in [1.54, 1.807) is 0 Å². The second kappa shape index (κ2) is 5.79. The summed E-state index contributed by atoms with van der Waals surface area (Å²) >= 11 is 0. The van der Waals surface area contributed by atoms with Crippen molar-refractivity contribution in [1.82, 2.24) is 19.5 Å². The van der Waals surface area contributed by atoms with Crippen LogP contribution in [0.1, 0.15) is 73.1 Å². The fourth-order valence-corrected chi connectivity index (χ4v) is 3.45. The van der Waals surface area contributed by atoms with E-state index in [9.17, 15) is 13.6 Å². The highest BCUT2D eigenvalue weighted by atomic mass is 19.3. The Balaban J connectivity index is 1.79. The highest BCUT2D eigenvalue weighted by Gasteiger charge is 2.31. The number of fused-ring (bicyclic) bond motifs is 1. The number of rotatable bonds is 3. The molecule has 5 nitrogen and oxygen atoms in total. The summed E-state index contributed by atoms with van der Waals surface area (Å²) in [6, 6.07) is 1.59. The Morgan fingerprint density at radius 1 is 1.29 bits per heavy atom. The van der Waals surface area contributed by atoms with E-state index in [0.29, 0.717) is 17.8 Å². The van der Waals surface area contributed by atoms with Crippen molar-refractivity contribution in [3.8, 4) is 0 Å². The molecule has 1 saturated carbocycles. The van der Waals surface area contributed by atoms with Gasteiger partial charge in [0.15, 0.2) is 5.65 Å². The summed E-state index contributed by atoms with van der Waals surface area (Å²) in [7, 11) is 0. The molecule has 0 spiro atoms. The molecule has 2 aromatic rings. The zero-order chi connectivity index (χ0) is 16.8. The smallest absolute Gasteiger partial charge is 0.280 e. The lowest BCUT2D eigenvalue weighted by atomic mass is 10.0. The quantitative estimate of drug-likeness (QED) is 0.862. The fourth-order valence-electron chi connectivity index (χ4n) is 3.45. The van der Waals surface area contributed by atoms with Crippen LogP contribution in [0.25, 0.3) is 5.65 Å². The predicted molar refractivity (Wildman–Crippen MR) is 84.3 cm³/mol. The van der Waals surface area contributed by atoms with Crippen molar-refractivity contribution in [2.75, 3.05) is 6.54 Å². The van der Waals surface area contributed by atoms with Crippen LogP contribution in [0.4, 0.5) is 8.78 Å². The minimum atomic E-state index is -2.65. The maximum atomic E-state index is 13.4.